The molecule has 30 heavy (non-hydrogen) atoms. The van der Waals surface area contributed by atoms with Crippen LogP contribution in [0.1, 0.15) is 36.7 Å². The van der Waals surface area contributed by atoms with E-state index in [1.54, 1.807) is 42.3 Å². The third-order valence-electron chi connectivity index (χ3n) is 4.40. The Morgan fingerprint density at radius 2 is 2.17 bits per heavy atom. The molecule has 5 nitrogen and oxygen atoms in total. The number of halogens is 2. The number of carbonyl (C=O) groups is 1. The van der Waals surface area contributed by atoms with Gasteiger partial charge in [0.2, 0.25) is 5.88 Å². The van der Waals surface area contributed by atoms with Crippen molar-refractivity contribution in [2.75, 3.05) is 13.2 Å². The van der Waals surface area contributed by atoms with Gasteiger partial charge in [0, 0.05) is 40.8 Å². The van der Waals surface area contributed by atoms with E-state index in [4.69, 9.17) is 4.74 Å². The highest BCUT2D eigenvalue weighted by Gasteiger charge is 2.25. The second kappa shape index (κ2) is 11.4. The lowest BCUT2D eigenvalue weighted by atomic mass is 10.0. The summed E-state index contributed by atoms with van der Waals surface area (Å²) in [4.78, 5) is 23.3. The normalized spacial score (nSPS) is 12.6. The Labute approximate surface area is 185 Å². The van der Waals surface area contributed by atoms with Crippen molar-refractivity contribution in [1.82, 2.24) is 9.88 Å². The monoisotopic (exact) mass is 473 g/mol. The van der Waals surface area contributed by atoms with Crippen LogP contribution in [0.2, 0.25) is 0 Å². The highest BCUT2D eigenvalue weighted by Crippen LogP contribution is 2.19. The number of ether oxygens (including phenoxy) is 1. The molecule has 1 atom stereocenters. The maximum atomic E-state index is 14.6. The zero-order valence-corrected chi connectivity index (χ0v) is 18.9. The Bertz CT molecular complexity index is 942. The molecule has 2 aromatic rings. The summed E-state index contributed by atoms with van der Waals surface area (Å²) in [6, 6.07) is 7.79. The predicted molar refractivity (Wildman–Crippen MR) is 122 cm³/mol. The van der Waals surface area contributed by atoms with Crippen LogP contribution in [-0.2, 0) is 0 Å². The summed E-state index contributed by atoms with van der Waals surface area (Å²) in [6.45, 7) is 9.71. The van der Waals surface area contributed by atoms with Crippen LogP contribution in [0.5, 0.6) is 5.88 Å². The van der Waals surface area contributed by atoms with Crippen molar-refractivity contribution in [3.63, 3.8) is 0 Å². The largest absolute Gasteiger partial charge is 0.475 e. The van der Waals surface area contributed by atoms with Gasteiger partial charge in [0.05, 0.1) is 11.6 Å². The number of nitrogens with zero attached hydrogens (tertiary/aromatic N) is 3. The number of allylic oxidation sites excluding steroid dienone is 2. The van der Waals surface area contributed by atoms with Gasteiger partial charge >= 0.3 is 0 Å². The molecule has 0 fully saturated rings. The Kier molecular flexibility index (Phi) is 8.92. The Balaban J connectivity index is 2.25. The molecule has 1 heterocycles. The predicted octanol–water partition coefficient (Wildman–Crippen LogP) is 5.42. The number of aromatic nitrogens is 1. The Morgan fingerprint density at radius 1 is 1.40 bits per heavy atom. The highest BCUT2D eigenvalue weighted by molar-refractivity contribution is 9.10. The molecular formula is C23H25BrFN3O2. The second-order valence-corrected chi connectivity index (χ2v) is 7.44. The van der Waals surface area contributed by atoms with Crippen LogP contribution in [0.15, 0.2) is 70.9 Å². The summed E-state index contributed by atoms with van der Waals surface area (Å²) in [5.41, 5.74) is 0.865. The first-order valence-corrected chi connectivity index (χ1v) is 10.3. The van der Waals surface area contributed by atoms with E-state index in [0.717, 1.165) is 4.47 Å². The Hall–Kier alpha value is -2.80. The fourth-order valence-electron chi connectivity index (χ4n) is 2.90. The lowest BCUT2D eigenvalue weighted by molar-refractivity contribution is 0.0645. The van der Waals surface area contributed by atoms with Gasteiger partial charge in [0.1, 0.15) is 12.4 Å². The molecule has 1 unspecified atom stereocenters. The SMILES string of the molecule is C=C/C=C\N=C(/C)c1c(F)cccc1C(=O)N(CC)C(C)COc1ccc(Br)cn1. The number of likely N-dealkylation sites (N-methyl/N-ethyl adjacent to an activating group) is 1. The Morgan fingerprint density at radius 3 is 2.80 bits per heavy atom. The van der Waals surface area contributed by atoms with Crippen molar-refractivity contribution < 1.29 is 13.9 Å². The number of hydrogen-bond donors (Lipinski definition) is 0. The lowest BCUT2D eigenvalue weighted by Gasteiger charge is -2.28. The molecule has 1 amide bonds. The van der Waals surface area contributed by atoms with E-state index >= 15 is 0 Å². The van der Waals surface area contributed by atoms with Crippen LogP contribution >= 0.6 is 15.9 Å². The van der Waals surface area contributed by atoms with Gasteiger partial charge in [0.25, 0.3) is 5.91 Å². The zero-order valence-electron chi connectivity index (χ0n) is 17.3. The van der Waals surface area contributed by atoms with E-state index in [2.05, 4.69) is 32.5 Å². The van der Waals surface area contributed by atoms with Gasteiger partial charge in [-0.05, 0) is 61.0 Å². The van der Waals surface area contributed by atoms with Gasteiger partial charge in [0.15, 0.2) is 0 Å². The third-order valence-corrected chi connectivity index (χ3v) is 4.87. The quantitative estimate of drug-likeness (QED) is 0.360. The summed E-state index contributed by atoms with van der Waals surface area (Å²) in [6.07, 6.45) is 6.37. The molecule has 0 aliphatic heterocycles. The number of rotatable bonds is 9. The molecule has 0 spiro atoms. The fourth-order valence-corrected chi connectivity index (χ4v) is 3.14. The van der Waals surface area contributed by atoms with Crippen LogP contribution < -0.4 is 4.74 Å². The van der Waals surface area contributed by atoms with Crippen LogP contribution in [-0.4, -0.2) is 40.7 Å². The smallest absolute Gasteiger partial charge is 0.254 e. The summed E-state index contributed by atoms with van der Waals surface area (Å²) in [5.74, 6) is -0.306. The van der Waals surface area contributed by atoms with Gasteiger partial charge in [-0.15, -0.1) is 0 Å². The molecule has 158 valence electrons. The second-order valence-electron chi connectivity index (χ2n) is 6.52. The molecule has 7 heteroatoms. The maximum absolute atomic E-state index is 14.6. The van der Waals surface area contributed by atoms with E-state index in [9.17, 15) is 9.18 Å². The minimum absolute atomic E-state index is 0.192. The summed E-state index contributed by atoms with van der Waals surface area (Å²) in [7, 11) is 0. The van der Waals surface area contributed by atoms with Crippen LogP contribution in [0, 0.1) is 5.82 Å². The van der Waals surface area contributed by atoms with Gasteiger partial charge in [-0.2, -0.15) is 0 Å². The van der Waals surface area contributed by atoms with Crippen LogP contribution in [0.3, 0.4) is 0 Å². The molecule has 0 aliphatic carbocycles. The van der Waals surface area contributed by atoms with E-state index in [0.29, 0.717) is 18.1 Å². The van der Waals surface area contributed by atoms with Gasteiger partial charge in [-0.3, -0.25) is 9.79 Å². The standard InChI is InChI=1S/C23H25BrFN3O2/c1-5-7-13-26-17(4)22-19(9-8-10-20(22)25)23(29)28(6-2)16(3)15-30-21-12-11-18(24)14-27-21/h5,7-14,16H,1,6,15H2,2-4H3/b13-7-,26-17+. The molecule has 0 bridgehead atoms. The topological polar surface area (TPSA) is 54.8 Å². The zero-order chi connectivity index (χ0) is 22.1. The van der Waals surface area contributed by atoms with Crippen molar-refractivity contribution in [2.24, 2.45) is 4.99 Å². The van der Waals surface area contributed by atoms with Gasteiger partial charge in [-0.25, -0.2) is 9.37 Å². The van der Waals surface area contributed by atoms with E-state index in [1.807, 2.05) is 19.9 Å². The van der Waals surface area contributed by atoms with E-state index in [1.165, 1.54) is 18.3 Å². The number of hydrogen-bond acceptors (Lipinski definition) is 4. The first-order valence-electron chi connectivity index (χ1n) is 9.55. The lowest BCUT2D eigenvalue weighted by Crippen LogP contribution is -2.42. The number of aliphatic imine (C=N–C) groups is 1. The number of carbonyl (C=O) groups excluding carboxylic acids is 1. The van der Waals surface area contributed by atoms with Crippen LogP contribution in [0.4, 0.5) is 4.39 Å². The van der Waals surface area contributed by atoms with Crippen molar-refractivity contribution >= 4 is 27.5 Å². The van der Waals surface area contributed by atoms with Crippen molar-refractivity contribution in [2.45, 2.75) is 26.8 Å². The summed E-state index contributed by atoms with van der Waals surface area (Å²) < 4.78 is 21.2. The minimum atomic E-state index is -0.492. The molecule has 0 radical (unpaired) electrons. The minimum Gasteiger partial charge on any atom is -0.475 e. The summed E-state index contributed by atoms with van der Waals surface area (Å²) in [5, 5.41) is 0. The average Bonchev–Trinajstić information content (AvgIpc) is 2.73. The fraction of sp³-hybridized carbons (Fsp3) is 0.261. The molecule has 0 aliphatic rings. The maximum Gasteiger partial charge on any atom is 0.254 e. The molecule has 0 N–H and O–H groups in total. The number of amides is 1. The number of pyridine rings is 1. The van der Waals surface area contributed by atoms with Crippen molar-refractivity contribution in [3.05, 3.63) is 82.9 Å². The molecule has 0 saturated heterocycles. The van der Waals surface area contributed by atoms with Gasteiger partial charge < -0.3 is 9.64 Å². The van der Waals surface area contributed by atoms with E-state index in [-0.39, 0.29) is 29.7 Å². The summed E-state index contributed by atoms with van der Waals surface area (Å²) >= 11 is 3.33. The molecule has 1 aromatic carbocycles. The van der Waals surface area contributed by atoms with E-state index < -0.39 is 5.82 Å². The molecular weight excluding hydrogens is 449 g/mol. The molecule has 0 saturated carbocycles. The molecule has 2 rings (SSSR count). The van der Waals surface area contributed by atoms with Crippen LogP contribution in [0.25, 0.3) is 0 Å². The average molecular weight is 474 g/mol. The first-order chi connectivity index (χ1) is 14.4. The van der Waals surface area contributed by atoms with Crippen molar-refractivity contribution in [3.8, 4) is 5.88 Å². The first kappa shape index (κ1) is 23.5. The van der Waals surface area contributed by atoms with Crippen molar-refractivity contribution in [1.29, 1.82) is 0 Å². The van der Waals surface area contributed by atoms with Gasteiger partial charge in [-0.1, -0.05) is 18.7 Å². The highest BCUT2D eigenvalue weighted by atomic mass is 79.9. The third kappa shape index (κ3) is 6.10. The molecule has 1 aromatic heterocycles. The number of benzene rings is 1.